The number of hydrogen-bond acceptors (Lipinski definition) is 5. The van der Waals surface area contributed by atoms with Gasteiger partial charge in [0.05, 0.1) is 18.0 Å². The first-order valence-electron chi connectivity index (χ1n) is 10.8. The van der Waals surface area contributed by atoms with Crippen molar-refractivity contribution in [2.75, 3.05) is 16.8 Å². The summed E-state index contributed by atoms with van der Waals surface area (Å²) in [5.41, 5.74) is 6.79. The molecule has 0 bridgehead atoms. The van der Waals surface area contributed by atoms with Crippen molar-refractivity contribution in [2.45, 2.75) is 38.0 Å². The van der Waals surface area contributed by atoms with Crippen molar-refractivity contribution >= 4 is 17.5 Å². The molecule has 0 saturated carbocycles. The molecule has 3 N–H and O–H groups in total. The summed E-state index contributed by atoms with van der Waals surface area (Å²) in [7, 11) is 0. The van der Waals surface area contributed by atoms with Gasteiger partial charge in [0.15, 0.2) is 11.6 Å². The van der Waals surface area contributed by atoms with Crippen LogP contribution in [0.25, 0.3) is 0 Å². The van der Waals surface area contributed by atoms with Crippen molar-refractivity contribution in [2.24, 2.45) is 5.73 Å². The average Bonchev–Trinajstić information content (AvgIpc) is 3.28. The topological polar surface area (TPSA) is 84.1 Å². The number of nitrogens with two attached hydrogens (primary N) is 1. The van der Waals surface area contributed by atoms with Crippen LogP contribution in [0.3, 0.4) is 0 Å². The number of nitrogens with one attached hydrogen (secondary N) is 1. The van der Waals surface area contributed by atoms with Crippen molar-refractivity contribution in [3.8, 4) is 0 Å². The number of halogens is 4. The van der Waals surface area contributed by atoms with Crippen LogP contribution in [0.5, 0.6) is 0 Å². The van der Waals surface area contributed by atoms with Crippen molar-refractivity contribution < 1.29 is 22.4 Å². The fraction of sp³-hybridized carbons (Fsp3) is 0.292. The number of aromatic nitrogens is 2. The number of rotatable bonds is 7. The highest BCUT2D eigenvalue weighted by Crippen LogP contribution is 2.38. The minimum Gasteiger partial charge on any atom is -0.369 e. The lowest BCUT2D eigenvalue weighted by Crippen LogP contribution is -2.25. The number of anilines is 2. The van der Waals surface area contributed by atoms with Crippen molar-refractivity contribution in [3.63, 3.8) is 0 Å². The average molecular weight is 473 g/mol. The highest BCUT2D eigenvalue weighted by atomic mass is 19.4. The van der Waals surface area contributed by atoms with E-state index in [0.29, 0.717) is 25.1 Å². The molecule has 1 amide bonds. The van der Waals surface area contributed by atoms with Gasteiger partial charge in [-0.05, 0) is 41.7 Å². The Labute approximate surface area is 193 Å². The Balaban J connectivity index is 1.49. The van der Waals surface area contributed by atoms with E-state index in [9.17, 15) is 18.0 Å². The maximum Gasteiger partial charge on any atom is 0.416 e. The number of carbonyl (C=O) groups excluding carboxylic acids is 1. The van der Waals surface area contributed by atoms with E-state index in [1.54, 1.807) is 17.0 Å². The number of amides is 1. The van der Waals surface area contributed by atoms with E-state index >= 15 is 4.39 Å². The van der Waals surface area contributed by atoms with Crippen LogP contribution >= 0.6 is 0 Å². The first kappa shape index (κ1) is 23.5. The molecular formula is C24H23F4N5O. The van der Waals surface area contributed by atoms with Gasteiger partial charge in [-0.15, -0.1) is 0 Å². The number of nitrogens with zero attached hydrogens (tertiary/aromatic N) is 3. The van der Waals surface area contributed by atoms with E-state index < -0.39 is 23.5 Å². The van der Waals surface area contributed by atoms with Crippen LogP contribution in [0.2, 0.25) is 0 Å². The molecule has 1 unspecified atom stereocenters. The monoisotopic (exact) mass is 473 g/mol. The lowest BCUT2D eigenvalue weighted by Gasteiger charge is -2.27. The largest absolute Gasteiger partial charge is 0.416 e. The minimum absolute atomic E-state index is 0.0317. The van der Waals surface area contributed by atoms with Crippen molar-refractivity contribution in [3.05, 3.63) is 82.9 Å². The van der Waals surface area contributed by atoms with E-state index in [-0.39, 0.29) is 24.1 Å². The van der Waals surface area contributed by atoms with Gasteiger partial charge in [-0.2, -0.15) is 17.6 Å². The normalized spacial score (nSPS) is 16.0. The van der Waals surface area contributed by atoms with E-state index in [4.69, 9.17) is 5.73 Å². The molecule has 10 heteroatoms. The van der Waals surface area contributed by atoms with E-state index in [1.807, 2.05) is 12.1 Å². The van der Waals surface area contributed by atoms with Crippen LogP contribution in [0.1, 0.15) is 41.1 Å². The van der Waals surface area contributed by atoms with Crippen molar-refractivity contribution in [1.82, 2.24) is 9.97 Å². The second-order valence-corrected chi connectivity index (χ2v) is 8.14. The van der Waals surface area contributed by atoms with Gasteiger partial charge in [0, 0.05) is 13.1 Å². The van der Waals surface area contributed by atoms with Gasteiger partial charge in [-0.3, -0.25) is 4.79 Å². The summed E-state index contributed by atoms with van der Waals surface area (Å²) in [6.45, 7) is 0.826. The Morgan fingerprint density at radius 3 is 2.38 bits per heavy atom. The third-order valence-corrected chi connectivity index (χ3v) is 5.78. The number of alkyl halides is 3. The maximum atomic E-state index is 15.3. The summed E-state index contributed by atoms with van der Waals surface area (Å²) in [6.07, 6.45) is -1.56. The summed E-state index contributed by atoms with van der Waals surface area (Å²) in [6, 6.07) is 11.9. The van der Waals surface area contributed by atoms with E-state index in [2.05, 4.69) is 15.3 Å². The zero-order chi connectivity index (χ0) is 24.3. The molecule has 34 heavy (non-hydrogen) atoms. The summed E-state index contributed by atoms with van der Waals surface area (Å²) in [4.78, 5) is 20.9. The van der Waals surface area contributed by atoms with Crippen LogP contribution in [0.15, 0.2) is 54.9 Å². The van der Waals surface area contributed by atoms with Crippen LogP contribution in [0, 0.1) is 5.82 Å². The second kappa shape index (κ2) is 9.66. The number of carbonyl (C=O) groups is 1. The predicted molar refractivity (Wildman–Crippen MR) is 119 cm³/mol. The molecule has 0 spiro atoms. The minimum atomic E-state index is -4.41. The lowest BCUT2D eigenvalue weighted by molar-refractivity contribution is -0.137. The van der Waals surface area contributed by atoms with E-state index in [0.717, 1.165) is 29.7 Å². The fourth-order valence-corrected chi connectivity index (χ4v) is 4.11. The Morgan fingerprint density at radius 2 is 1.74 bits per heavy atom. The van der Waals surface area contributed by atoms with Gasteiger partial charge >= 0.3 is 6.18 Å². The molecular weight excluding hydrogens is 450 g/mol. The molecule has 1 aliphatic rings. The summed E-state index contributed by atoms with van der Waals surface area (Å²) in [5.74, 6) is -0.898. The van der Waals surface area contributed by atoms with Gasteiger partial charge in [0.1, 0.15) is 6.33 Å². The third kappa shape index (κ3) is 5.27. The molecule has 3 aromatic rings. The highest BCUT2D eigenvalue weighted by molar-refractivity contribution is 5.76. The number of hydrogen-bond donors (Lipinski definition) is 2. The van der Waals surface area contributed by atoms with Gasteiger partial charge in [-0.1, -0.05) is 36.4 Å². The Hall–Kier alpha value is -3.69. The smallest absolute Gasteiger partial charge is 0.369 e. The molecule has 2 aromatic carbocycles. The fourth-order valence-electron chi connectivity index (χ4n) is 4.11. The lowest BCUT2D eigenvalue weighted by atomic mass is 10.0. The second-order valence-electron chi connectivity index (χ2n) is 8.14. The molecule has 0 aliphatic carbocycles. The van der Waals surface area contributed by atoms with Gasteiger partial charge < -0.3 is 16.0 Å². The molecule has 0 radical (unpaired) electrons. The van der Waals surface area contributed by atoms with Gasteiger partial charge in [-0.25, -0.2) is 9.97 Å². The molecule has 1 fully saturated rings. The van der Waals surface area contributed by atoms with Gasteiger partial charge in [0.25, 0.3) is 0 Å². The quantitative estimate of drug-likeness (QED) is 0.490. The molecule has 6 nitrogen and oxygen atoms in total. The first-order valence-corrected chi connectivity index (χ1v) is 10.8. The van der Waals surface area contributed by atoms with Crippen LogP contribution < -0.4 is 16.0 Å². The van der Waals surface area contributed by atoms with E-state index in [1.165, 1.54) is 18.5 Å². The van der Waals surface area contributed by atoms with Crippen LogP contribution in [-0.2, 0) is 23.9 Å². The summed E-state index contributed by atoms with van der Waals surface area (Å²) < 4.78 is 54.0. The van der Waals surface area contributed by atoms with Gasteiger partial charge in [0.2, 0.25) is 11.7 Å². The summed E-state index contributed by atoms with van der Waals surface area (Å²) >= 11 is 0. The van der Waals surface area contributed by atoms with Crippen LogP contribution in [0.4, 0.5) is 29.2 Å². The van der Waals surface area contributed by atoms with Crippen molar-refractivity contribution in [1.29, 1.82) is 0 Å². The summed E-state index contributed by atoms with van der Waals surface area (Å²) in [5, 5.41) is 2.96. The number of primary amides is 1. The molecule has 1 aromatic heterocycles. The standard InChI is InChI=1S/C24H23F4N5O/c25-21-22(30-13-16-5-3-15(4-6-16)12-20(29)34)31-14-32-23(21)33-11-1-2-19(33)17-7-9-18(10-8-17)24(26,27)28/h3-10,14,19H,1-2,11-13H2,(H2,29,34)(H,30,31,32). The predicted octanol–water partition coefficient (Wildman–Crippen LogP) is 4.62. The molecule has 178 valence electrons. The SMILES string of the molecule is NC(=O)Cc1ccc(CNc2ncnc(N3CCCC3c3ccc(C(F)(F)F)cc3)c2F)cc1. The Morgan fingerprint density at radius 1 is 1.06 bits per heavy atom. The molecule has 1 atom stereocenters. The maximum absolute atomic E-state index is 15.3. The molecule has 1 saturated heterocycles. The Kier molecular flexibility index (Phi) is 6.67. The Bertz CT molecular complexity index is 1150. The molecule has 2 heterocycles. The molecule has 4 rings (SSSR count). The molecule has 1 aliphatic heterocycles. The first-order chi connectivity index (χ1) is 16.2. The number of benzene rings is 2. The third-order valence-electron chi connectivity index (χ3n) is 5.78. The van der Waals surface area contributed by atoms with Crippen LogP contribution in [-0.4, -0.2) is 22.4 Å². The zero-order valence-corrected chi connectivity index (χ0v) is 18.1. The zero-order valence-electron chi connectivity index (χ0n) is 18.1. The highest BCUT2D eigenvalue weighted by Gasteiger charge is 2.33.